The Kier molecular flexibility index (Phi) is 8.33. The standard InChI is InChI=1S/C26H32N4O5/c1-34-21-9-7-20(8-10-21)30-18-19(17-24(30)31)25(32)28-23-6-3-2-5-22(23)26(33)27-11-4-12-29-13-15-35-16-14-29/h2-3,5-10,19H,4,11-18H2,1H3,(H,27,33)(H,28,32)/t19-/m0/s1. The molecule has 0 aromatic heterocycles. The normalized spacial score (nSPS) is 18.4. The molecule has 0 unspecified atom stereocenters. The van der Waals surface area contributed by atoms with Gasteiger partial charge in [0.25, 0.3) is 5.91 Å². The molecular weight excluding hydrogens is 448 g/mol. The summed E-state index contributed by atoms with van der Waals surface area (Å²) >= 11 is 0. The summed E-state index contributed by atoms with van der Waals surface area (Å²) in [6.07, 6.45) is 0.958. The smallest absolute Gasteiger partial charge is 0.253 e. The van der Waals surface area contributed by atoms with Crippen LogP contribution in [0.4, 0.5) is 11.4 Å². The Morgan fingerprint density at radius 3 is 2.57 bits per heavy atom. The van der Waals surface area contributed by atoms with Crippen molar-refractivity contribution < 1.29 is 23.9 Å². The van der Waals surface area contributed by atoms with E-state index in [0.717, 1.165) is 45.0 Å². The maximum atomic E-state index is 13.0. The van der Waals surface area contributed by atoms with Crippen molar-refractivity contribution in [1.29, 1.82) is 0 Å². The molecule has 9 nitrogen and oxygen atoms in total. The second kappa shape index (κ2) is 11.8. The molecule has 0 bridgehead atoms. The summed E-state index contributed by atoms with van der Waals surface area (Å²) in [6.45, 7) is 5.08. The first-order valence-corrected chi connectivity index (χ1v) is 12.0. The van der Waals surface area contributed by atoms with E-state index < -0.39 is 5.92 Å². The summed E-state index contributed by atoms with van der Waals surface area (Å²) in [7, 11) is 1.58. The van der Waals surface area contributed by atoms with Gasteiger partial charge in [0.2, 0.25) is 11.8 Å². The number of amides is 3. The maximum Gasteiger partial charge on any atom is 0.253 e. The molecule has 2 fully saturated rings. The molecule has 2 N–H and O–H groups in total. The number of anilines is 2. The van der Waals surface area contributed by atoms with Crippen molar-refractivity contribution in [1.82, 2.24) is 10.2 Å². The number of carbonyl (C=O) groups is 3. The third-order valence-electron chi connectivity index (χ3n) is 6.35. The van der Waals surface area contributed by atoms with Crippen LogP contribution in [-0.4, -0.2) is 75.7 Å². The number of ether oxygens (including phenoxy) is 2. The molecule has 0 radical (unpaired) electrons. The van der Waals surface area contributed by atoms with Crippen LogP contribution in [0.15, 0.2) is 48.5 Å². The molecule has 0 aliphatic carbocycles. The Morgan fingerprint density at radius 1 is 1.09 bits per heavy atom. The predicted octanol–water partition coefficient (Wildman–Crippen LogP) is 2.14. The molecule has 1 atom stereocenters. The van der Waals surface area contributed by atoms with Gasteiger partial charge in [-0.2, -0.15) is 0 Å². The van der Waals surface area contributed by atoms with Gasteiger partial charge in [0, 0.05) is 38.3 Å². The minimum Gasteiger partial charge on any atom is -0.497 e. The summed E-state index contributed by atoms with van der Waals surface area (Å²) < 4.78 is 10.5. The fourth-order valence-corrected chi connectivity index (χ4v) is 4.34. The van der Waals surface area contributed by atoms with Gasteiger partial charge in [-0.15, -0.1) is 0 Å². The molecule has 186 valence electrons. The van der Waals surface area contributed by atoms with E-state index in [0.29, 0.717) is 23.5 Å². The van der Waals surface area contributed by atoms with E-state index in [1.165, 1.54) is 0 Å². The number of para-hydroxylation sites is 1. The quantitative estimate of drug-likeness (QED) is 0.534. The van der Waals surface area contributed by atoms with Crippen LogP contribution in [0, 0.1) is 5.92 Å². The minimum atomic E-state index is -0.505. The van der Waals surface area contributed by atoms with Crippen molar-refractivity contribution >= 4 is 29.1 Å². The lowest BCUT2D eigenvalue weighted by Gasteiger charge is -2.26. The maximum absolute atomic E-state index is 13.0. The van der Waals surface area contributed by atoms with E-state index in [1.807, 2.05) is 0 Å². The monoisotopic (exact) mass is 480 g/mol. The number of hydrogen-bond acceptors (Lipinski definition) is 6. The Morgan fingerprint density at radius 2 is 1.83 bits per heavy atom. The molecule has 2 saturated heterocycles. The van der Waals surface area contributed by atoms with E-state index >= 15 is 0 Å². The molecule has 2 aliphatic heterocycles. The van der Waals surface area contributed by atoms with Gasteiger partial charge in [-0.05, 0) is 49.4 Å². The summed E-state index contributed by atoms with van der Waals surface area (Å²) in [6, 6.07) is 14.1. The van der Waals surface area contributed by atoms with Crippen molar-refractivity contribution in [3.05, 3.63) is 54.1 Å². The number of morpholine rings is 1. The van der Waals surface area contributed by atoms with E-state index in [-0.39, 0.29) is 30.7 Å². The average molecular weight is 481 g/mol. The second-order valence-corrected chi connectivity index (χ2v) is 8.70. The zero-order chi connectivity index (χ0) is 24.6. The summed E-state index contributed by atoms with van der Waals surface area (Å²) in [5, 5.41) is 5.81. The number of nitrogens with zero attached hydrogens (tertiary/aromatic N) is 2. The molecule has 2 aromatic carbocycles. The van der Waals surface area contributed by atoms with Crippen LogP contribution in [0.5, 0.6) is 5.75 Å². The van der Waals surface area contributed by atoms with Gasteiger partial charge in [0.1, 0.15) is 5.75 Å². The molecule has 0 spiro atoms. The molecule has 0 saturated carbocycles. The highest BCUT2D eigenvalue weighted by atomic mass is 16.5. The van der Waals surface area contributed by atoms with Gasteiger partial charge in [-0.1, -0.05) is 12.1 Å². The van der Waals surface area contributed by atoms with Gasteiger partial charge in [0.05, 0.1) is 37.5 Å². The van der Waals surface area contributed by atoms with Crippen LogP contribution in [0.2, 0.25) is 0 Å². The lowest BCUT2D eigenvalue weighted by Crippen LogP contribution is -2.38. The Bertz CT molecular complexity index is 1040. The molecule has 9 heteroatoms. The SMILES string of the molecule is COc1ccc(N2C[C@@H](C(=O)Nc3ccccc3C(=O)NCCCN3CCOCC3)CC2=O)cc1. The van der Waals surface area contributed by atoms with Gasteiger partial charge in [-0.3, -0.25) is 19.3 Å². The van der Waals surface area contributed by atoms with Crippen molar-refractivity contribution in [3.63, 3.8) is 0 Å². The lowest BCUT2D eigenvalue weighted by molar-refractivity contribution is -0.122. The molecular formula is C26H32N4O5. The zero-order valence-electron chi connectivity index (χ0n) is 20.0. The third kappa shape index (κ3) is 6.37. The summed E-state index contributed by atoms with van der Waals surface area (Å²) in [4.78, 5) is 42.3. The van der Waals surface area contributed by atoms with Crippen LogP contribution in [0.25, 0.3) is 0 Å². The number of benzene rings is 2. The van der Waals surface area contributed by atoms with Crippen molar-refractivity contribution in [2.75, 3.05) is 63.3 Å². The van der Waals surface area contributed by atoms with Crippen molar-refractivity contribution in [2.45, 2.75) is 12.8 Å². The van der Waals surface area contributed by atoms with Crippen LogP contribution in [-0.2, 0) is 14.3 Å². The van der Waals surface area contributed by atoms with Gasteiger partial charge < -0.3 is 25.0 Å². The van der Waals surface area contributed by atoms with Crippen molar-refractivity contribution in [2.24, 2.45) is 5.92 Å². The number of rotatable bonds is 9. The highest BCUT2D eigenvalue weighted by molar-refractivity contribution is 6.07. The fraction of sp³-hybridized carbons (Fsp3) is 0.423. The number of hydrogen-bond donors (Lipinski definition) is 2. The largest absolute Gasteiger partial charge is 0.497 e. The molecule has 35 heavy (non-hydrogen) atoms. The Hall–Kier alpha value is -3.43. The second-order valence-electron chi connectivity index (χ2n) is 8.70. The fourth-order valence-electron chi connectivity index (χ4n) is 4.34. The summed E-state index contributed by atoms with van der Waals surface area (Å²) in [5.74, 6) is -0.423. The Balaban J connectivity index is 1.31. The van der Waals surface area contributed by atoms with E-state index in [9.17, 15) is 14.4 Å². The molecule has 2 heterocycles. The Labute approximate surface area is 205 Å². The summed E-state index contributed by atoms with van der Waals surface area (Å²) in [5.41, 5.74) is 1.57. The van der Waals surface area contributed by atoms with Gasteiger partial charge in [-0.25, -0.2) is 0 Å². The van der Waals surface area contributed by atoms with Crippen LogP contribution in [0.1, 0.15) is 23.2 Å². The van der Waals surface area contributed by atoms with Crippen LogP contribution >= 0.6 is 0 Å². The van der Waals surface area contributed by atoms with E-state index in [2.05, 4.69) is 15.5 Å². The first-order chi connectivity index (χ1) is 17.0. The number of methoxy groups -OCH3 is 1. The predicted molar refractivity (Wildman–Crippen MR) is 133 cm³/mol. The van der Waals surface area contributed by atoms with Crippen LogP contribution in [0.3, 0.4) is 0 Å². The minimum absolute atomic E-state index is 0.110. The highest BCUT2D eigenvalue weighted by Crippen LogP contribution is 2.28. The van der Waals surface area contributed by atoms with Gasteiger partial charge >= 0.3 is 0 Å². The van der Waals surface area contributed by atoms with Gasteiger partial charge in [0.15, 0.2) is 0 Å². The average Bonchev–Trinajstić information content (AvgIpc) is 3.29. The topological polar surface area (TPSA) is 100 Å². The number of carbonyl (C=O) groups excluding carboxylic acids is 3. The molecule has 2 aromatic rings. The van der Waals surface area contributed by atoms with Crippen LogP contribution < -0.4 is 20.3 Å². The van der Waals surface area contributed by atoms with E-state index in [1.54, 1.807) is 60.5 Å². The molecule has 3 amide bonds. The van der Waals surface area contributed by atoms with Crippen molar-refractivity contribution in [3.8, 4) is 5.75 Å². The lowest BCUT2D eigenvalue weighted by atomic mass is 10.1. The molecule has 2 aliphatic rings. The first-order valence-electron chi connectivity index (χ1n) is 12.0. The third-order valence-corrected chi connectivity index (χ3v) is 6.35. The van der Waals surface area contributed by atoms with E-state index in [4.69, 9.17) is 9.47 Å². The number of nitrogens with one attached hydrogen (secondary N) is 2. The highest BCUT2D eigenvalue weighted by Gasteiger charge is 2.35. The molecule has 4 rings (SSSR count). The zero-order valence-corrected chi connectivity index (χ0v) is 20.0. The first kappa shape index (κ1) is 24.7.